The van der Waals surface area contributed by atoms with E-state index in [1.807, 2.05) is 30.3 Å². The minimum Gasteiger partial charge on any atom is -0.493 e. The molecule has 0 amide bonds. The van der Waals surface area contributed by atoms with Gasteiger partial charge in [-0.2, -0.15) is 0 Å². The van der Waals surface area contributed by atoms with Crippen molar-refractivity contribution in [3.63, 3.8) is 0 Å². The molecule has 0 bridgehead atoms. The van der Waals surface area contributed by atoms with E-state index in [0.717, 1.165) is 5.56 Å². The molecule has 1 aliphatic heterocycles. The normalized spacial score (nSPS) is 21.1. The van der Waals surface area contributed by atoms with Gasteiger partial charge in [0.05, 0.1) is 5.41 Å². The molecule has 1 aliphatic rings. The van der Waals surface area contributed by atoms with Crippen molar-refractivity contribution in [3.05, 3.63) is 47.2 Å². The molecule has 13 heavy (non-hydrogen) atoms. The van der Waals surface area contributed by atoms with Crippen molar-refractivity contribution in [1.82, 2.24) is 0 Å². The first-order valence-electron chi connectivity index (χ1n) is 3.73. The van der Waals surface area contributed by atoms with Crippen LogP contribution in [0, 0.1) is 0 Å². The second kappa shape index (κ2) is 3.14. The standard InChI is InChI=1S/C9H7NO2S/c11-8-6-13(12)9(10-8)7-4-2-1-3-5-7/h1-6,11H. The van der Waals surface area contributed by atoms with Crippen molar-refractivity contribution >= 4 is 15.8 Å². The summed E-state index contributed by atoms with van der Waals surface area (Å²) in [4.78, 5) is 3.77. The predicted octanol–water partition coefficient (Wildman–Crippen LogP) is 1.55. The molecule has 4 heteroatoms. The predicted molar refractivity (Wildman–Crippen MR) is 51.8 cm³/mol. The van der Waals surface area contributed by atoms with Crippen LogP contribution in [0.2, 0.25) is 0 Å². The van der Waals surface area contributed by atoms with Crippen LogP contribution in [0.15, 0.2) is 46.6 Å². The van der Waals surface area contributed by atoms with Crippen LogP contribution in [-0.4, -0.2) is 14.4 Å². The molecule has 0 aromatic heterocycles. The number of hydrogen-bond donors (Lipinski definition) is 1. The number of aliphatic hydroxyl groups excluding tert-OH is 1. The third kappa shape index (κ3) is 1.53. The summed E-state index contributed by atoms with van der Waals surface area (Å²) in [5.41, 5.74) is 0.779. The number of benzene rings is 1. The van der Waals surface area contributed by atoms with Crippen LogP contribution in [0.3, 0.4) is 0 Å². The lowest BCUT2D eigenvalue weighted by Gasteiger charge is -1.96. The van der Waals surface area contributed by atoms with Crippen molar-refractivity contribution in [3.8, 4) is 0 Å². The van der Waals surface area contributed by atoms with Gasteiger partial charge in [-0.15, -0.1) is 0 Å². The fourth-order valence-corrected chi connectivity index (χ4v) is 2.00. The fraction of sp³-hybridized carbons (Fsp3) is 0. The van der Waals surface area contributed by atoms with Gasteiger partial charge in [0.2, 0.25) is 5.88 Å². The van der Waals surface area contributed by atoms with Crippen LogP contribution >= 0.6 is 0 Å². The van der Waals surface area contributed by atoms with Crippen molar-refractivity contribution in [2.45, 2.75) is 0 Å². The number of rotatable bonds is 1. The molecule has 1 heterocycles. The Hall–Kier alpha value is -1.42. The quantitative estimate of drug-likeness (QED) is 0.735. The van der Waals surface area contributed by atoms with Gasteiger partial charge >= 0.3 is 0 Å². The summed E-state index contributed by atoms with van der Waals surface area (Å²) in [5, 5.41) is 10.7. The van der Waals surface area contributed by atoms with E-state index in [4.69, 9.17) is 5.11 Å². The Morgan fingerprint density at radius 1 is 1.23 bits per heavy atom. The SMILES string of the molecule is O=S1C=C(O)N=C1c1ccccc1. The zero-order valence-electron chi connectivity index (χ0n) is 6.68. The Labute approximate surface area is 77.9 Å². The van der Waals surface area contributed by atoms with Crippen molar-refractivity contribution < 1.29 is 9.32 Å². The first kappa shape index (κ1) is 8.19. The van der Waals surface area contributed by atoms with E-state index in [9.17, 15) is 4.21 Å². The van der Waals surface area contributed by atoms with Gasteiger partial charge in [-0.25, -0.2) is 9.20 Å². The second-order valence-electron chi connectivity index (χ2n) is 2.56. The van der Waals surface area contributed by atoms with E-state index < -0.39 is 10.8 Å². The van der Waals surface area contributed by atoms with Crippen LogP contribution in [-0.2, 0) is 10.8 Å². The number of aliphatic imine (C=N–C) groups is 1. The van der Waals surface area contributed by atoms with Crippen molar-refractivity contribution in [2.75, 3.05) is 0 Å². The van der Waals surface area contributed by atoms with Gasteiger partial charge in [0.25, 0.3) is 0 Å². The zero-order valence-corrected chi connectivity index (χ0v) is 7.49. The first-order chi connectivity index (χ1) is 6.27. The van der Waals surface area contributed by atoms with Crippen LogP contribution < -0.4 is 0 Å². The molecular weight excluding hydrogens is 186 g/mol. The van der Waals surface area contributed by atoms with Gasteiger partial charge in [-0.3, -0.25) is 0 Å². The zero-order chi connectivity index (χ0) is 9.26. The van der Waals surface area contributed by atoms with E-state index in [-0.39, 0.29) is 5.88 Å². The Morgan fingerprint density at radius 3 is 2.46 bits per heavy atom. The van der Waals surface area contributed by atoms with Crippen LogP contribution in [0.25, 0.3) is 0 Å². The Morgan fingerprint density at radius 2 is 1.92 bits per heavy atom. The molecule has 1 unspecified atom stereocenters. The lowest BCUT2D eigenvalue weighted by molar-refractivity contribution is 0.410. The average Bonchev–Trinajstić information content (AvgIpc) is 2.47. The number of hydrogen-bond acceptors (Lipinski definition) is 3. The van der Waals surface area contributed by atoms with Gasteiger partial charge in [-0.1, -0.05) is 30.3 Å². The smallest absolute Gasteiger partial charge is 0.221 e. The Bertz CT molecular complexity index is 409. The molecule has 0 radical (unpaired) electrons. The molecule has 1 aromatic carbocycles. The summed E-state index contributed by atoms with van der Waals surface area (Å²) < 4.78 is 11.3. The monoisotopic (exact) mass is 193 g/mol. The molecule has 0 saturated carbocycles. The highest BCUT2D eigenvalue weighted by Crippen LogP contribution is 2.14. The summed E-state index contributed by atoms with van der Waals surface area (Å²) in [5.74, 6) is -0.169. The topological polar surface area (TPSA) is 49.7 Å². The van der Waals surface area contributed by atoms with E-state index in [1.165, 1.54) is 5.41 Å². The largest absolute Gasteiger partial charge is 0.493 e. The highest BCUT2D eigenvalue weighted by atomic mass is 32.2. The average molecular weight is 193 g/mol. The summed E-state index contributed by atoms with van der Waals surface area (Å²) in [6.07, 6.45) is 0. The van der Waals surface area contributed by atoms with Crippen molar-refractivity contribution in [1.29, 1.82) is 0 Å². The summed E-state index contributed by atoms with van der Waals surface area (Å²) in [6, 6.07) is 9.16. The van der Waals surface area contributed by atoms with E-state index in [0.29, 0.717) is 5.04 Å². The third-order valence-electron chi connectivity index (χ3n) is 1.64. The van der Waals surface area contributed by atoms with Crippen molar-refractivity contribution in [2.24, 2.45) is 4.99 Å². The Balaban J connectivity index is 2.41. The molecule has 1 N–H and O–H groups in total. The van der Waals surface area contributed by atoms with Crippen LogP contribution in [0.1, 0.15) is 5.56 Å². The lowest BCUT2D eigenvalue weighted by Crippen LogP contribution is -2.02. The number of aliphatic hydroxyl groups is 1. The van der Waals surface area contributed by atoms with Gasteiger partial charge < -0.3 is 5.11 Å². The molecule has 1 aromatic rings. The highest BCUT2D eigenvalue weighted by Gasteiger charge is 2.17. The van der Waals surface area contributed by atoms with E-state index in [2.05, 4.69) is 4.99 Å². The summed E-state index contributed by atoms with van der Waals surface area (Å²) in [7, 11) is -1.30. The first-order valence-corrected chi connectivity index (χ1v) is 4.94. The minimum absolute atomic E-state index is 0.169. The van der Waals surface area contributed by atoms with Gasteiger partial charge in [0, 0.05) is 5.56 Å². The summed E-state index contributed by atoms with van der Waals surface area (Å²) >= 11 is 0. The highest BCUT2D eigenvalue weighted by molar-refractivity contribution is 8.04. The molecule has 0 aliphatic carbocycles. The maximum atomic E-state index is 11.3. The molecule has 2 rings (SSSR count). The molecular formula is C9H7NO2S. The van der Waals surface area contributed by atoms with Crippen LogP contribution in [0.4, 0.5) is 0 Å². The summed E-state index contributed by atoms with van der Waals surface area (Å²) in [6.45, 7) is 0. The fourth-order valence-electron chi connectivity index (χ4n) is 1.09. The second-order valence-corrected chi connectivity index (χ2v) is 3.77. The van der Waals surface area contributed by atoms with Gasteiger partial charge in [0.1, 0.15) is 15.8 Å². The molecule has 1 atom stereocenters. The van der Waals surface area contributed by atoms with E-state index >= 15 is 0 Å². The van der Waals surface area contributed by atoms with Crippen LogP contribution in [0.5, 0.6) is 0 Å². The molecule has 3 nitrogen and oxygen atoms in total. The Kier molecular flexibility index (Phi) is 1.98. The van der Waals surface area contributed by atoms with Gasteiger partial charge in [0.15, 0.2) is 0 Å². The molecule has 0 saturated heterocycles. The lowest BCUT2D eigenvalue weighted by atomic mass is 10.2. The molecule has 66 valence electrons. The minimum atomic E-state index is -1.30. The molecule has 0 spiro atoms. The molecule has 0 fully saturated rings. The maximum absolute atomic E-state index is 11.3. The maximum Gasteiger partial charge on any atom is 0.221 e. The third-order valence-corrected chi connectivity index (χ3v) is 2.77. The van der Waals surface area contributed by atoms with E-state index in [1.54, 1.807) is 0 Å². The number of nitrogens with zero attached hydrogens (tertiary/aromatic N) is 1. The van der Waals surface area contributed by atoms with Gasteiger partial charge in [-0.05, 0) is 0 Å².